The highest BCUT2D eigenvalue weighted by Gasteiger charge is 2.11. The molecule has 0 unspecified atom stereocenters. The first-order valence-corrected chi connectivity index (χ1v) is 5.00. The number of rotatable bonds is 3. The third-order valence-electron chi connectivity index (χ3n) is 2.59. The summed E-state index contributed by atoms with van der Waals surface area (Å²) in [5.41, 5.74) is 2.10. The Morgan fingerprint density at radius 3 is 2.75 bits per heavy atom. The van der Waals surface area contributed by atoms with Gasteiger partial charge in [0.05, 0.1) is 17.5 Å². The van der Waals surface area contributed by atoms with Crippen LogP contribution in [0.2, 0.25) is 0 Å². The van der Waals surface area contributed by atoms with E-state index in [1.807, 2.05) is 13.0 Å². The van der Waals surface area contributed by atoms with E-state index in [-0.39, 0.29) is 18.0 Å². The topological polar surface area (TPSA) is 85.9 Å². The van der Waals surface area contributed by atoms with Crippen LogP contribution in [0.4, 0.5) is 0 Å². The van der Waals surface area contributed by atoms with Gasteiger partial charge in [0.15, 0.2) is 0 Å². The number of fused-ring (bicyclic) bond motifs is 1. The Balaban J connectivity index is 2.38. The second kappa shape index (κ2) is 3.84. The first kappa shape index (κ1) is 10.5. The van der Waals surface area contributed by atoms with Gasteiger partial charge in [0.2, 0.25) is 0 Å². The van der Waals surface area contributed by atoms with E-state index in [0.29, 0.717) is 5.52 Å². The summed E-state index contributed by atoms with van der Waals surface area (Å²) in [5, 5.41) is 8.70. The van der Waals surface area contributed by atoms with Crippen LogP contribution in [0.25, 0.3) is 11.0 Å². The van der Waals surface area contributed by atoms with Crippen molar-refractivity contribution in [3.05, 3.63) is 34.2 Å². The fraction of sp³-hybridized carbons (Fsp3) is 0.273. The summed E-state index contributed by atoms with van der Waals surface area (Å²) in [5.74, 6) is -0.893. The van der Waals surface area contributed by atoms with Crippen LogP contribution in [-0.2, 0) is 4.79 Å². The first-order valence-electron chi connectivity index (χ1n) is 5.00. The van der Waals surface area contributed by atoms with Crippen molar-refractivity contribution < 1.29 is 9.90 Å². The number of carbonyl (C=O) groups is 1. The Morgan fingerprint density at radius 1 is 1.38 bits per heavy atom. The number of hydrogen-bond acceptors (Lipinski definition) is 2. The Hall–Kier alpha value is -2.04. The molecule has 0 bridgehead atoms. The largest absolute Gasteiger partial charge is 0.481 e. The lowest BCUT2D eigenvalue weighted by atomic mass is 9.97. The van der Waals surface area contributed by atoms with Crippen molar-refractivity contribution in [3.63, 3.8) is 0 Å². The Bertz CT molecular complexity index is 582. The predicted molar refractivity (Wildman–Crippen MR) is 59.6 cm³/mol. The van der Waals surface area contributed by atoms with E-state index in [1.165, 1.54) is 0 Å². The smallest absolute Gasteiger partial charge is 0.323 e. The number of carboxylic acids is 1. The third kappa shape index (κ3) is 1.98. The number of aliphatic carboxylic acids is 1. The van der Waals surface area contributed by atoms with Crippen molar-refractivity contribution >= 4 is 17.0 Å². The van der Waals surface area contributed by atoms with Crippen LogP contribution in [0.15, 0.2) is 23.0 Å². The van der Waals surface area contributed by atoms with Crippen molar-refractivity contribution in [2.45, 2.75) is 19.3 Å². The molecule has 84 valence electrons. The molecule has 16 heavy (non-hydrogen) atoms. The van der Waals surface area contributed by atoms with Crippen molar-refractivity contribution in [2.75, 3.05) is 0 Å². The van der Waals surface area contributed by atoms with Crippen LogP contribution < -0.4 is 5.69 Å². The number of nitrogens with one attached hydrogen (secondary N) is 2. The highest BCUT2D eigenvalue weighted by molar-refractivity contribution is 5.75. The maximum absolute atomic E-state index is 11.0. The average molecular weight is 220 g/mol. The summed E-state index contributed by atoms with van der Waals surface area (Å²) < 4.78 is 0. The van der Waals surface area contributed by atoms with Crippen molar-refractivity contribution in [1.82, 2.24) is 9.97 Å². The van der Waals surface area contributed by atoms with Gasteiger partial charge in [0, 0.05) is 0 Å². The zero-order valence-electron chi connectivity index (χ0n) is 8.78. The molecule has 0 radical (unpaired) electrons. The molecule has 0 aliphatic rings. The van der Waals surface area contributed by atoms with Gasteiger partial charge < -0.3 is 15.1 Å². The zero-order valence-corrected chi connectivity index (χ0v) is 8.78. The van der Waals surface area contributed by atoms with E-state index >= 15 is 0 Å². The molecule has 0 saturated heterocycles. The molecule has 0 aliphatic carbocycles. The molecule has 0 spiro atoms. The van der Waals surface area contributed by atoms with Crippen molar-refractivity contribution in [3.8, 4) is 0 Å². The van der Waals surface area contributed by atoms with Crippen molar-refractivity contribution in [2.24, 2.45) is 0 Å². The third-order valence-corrected chi connectivity index (χ3v) is 2.59. The molecule has 5 heteroatoms. The van der Waals surface area contributed by atoms with Gasteiger partial charge in [-0.05, 0) is 23.6 Å². The second-order valence-electron chi connectivity index (χ2n) is 3.88. The highest BCUT2D eigenvalue weighted by atomic mass is 16.4. The summed E-state index contributed by atoms with van der Waals surface area (Å²) in [6.07, 6.45) is 0.0835. The van der Waals surface area contributed by atoms with Gasteiger partial charge in [-0.15, -0.1) is 0 Å². The second-order valence-corrected chi connectivity index (χ2v) is 3.88. The van der Waals surface area contributed by atoms with Gasteiger partial charge >= 0.3 is 11.7 Å². The average Bonchev–Trinajstić information content (AvgIpc) is 2.55. The maximum Gasteiger partial charge on any atom is 0.323 e. The Kier molecular flexibility index (Phi) is 2.52. The molecule has 5 nitrogen and oxygen atoms in total. The lowest BCUT2D eigenvalue weighted by Crippen LogP contribution is -2.02. The number of aromatic amines is 2. The molecule has 1 heterocycles. The lowest BCUT2D eigenvalue weighted by Gasteiger charge is -2.08. The van der Waals surface area contributed by atoms with E-state index in [4.69, 9.17) is 5.11 Å². The molecule has 1 aromatic carbocycles. The van der Waals surface area contributed by atoms with Crippen LogP contribution >= 0.6 is 0 Å². The van der Waals surface area contributed by atoms with E-state index in [1.54, 1.807) is 12.1 Å². The molecule has 0 saturated carbocycles. The summed E-state index contributed by atoms with van der Waals surface area (Å²) in [7, 11) is 0. The van der Waals surface area contributed by atoms with Gasteiger partial charge in [0.1, 0.15) is 0 Å². The molecule has 2 aromatic rings. The number of H-pyrrole nitrogens is 2. The number of carboxylic acid groups (broad SMARTS) is 1. The lowest BCUT2D eigenvalue weighted by molar-refractivity contribution is -0.137. The van der Waals surface area contributed by atoms with Gasteiger partial charge in [0.25, 0.3) is 0 Å². The molecule has 0 fully saturated rings. The Morgan fingerprint density at radius 2 is 2.06 bits per heavy atom. The predicted octanol–water partition coefficient (Wildman–Crippen LogP) is 1.43. The Labute approximate surface area is 91.1 Å². The van der Waals surface area contributed by atoms with Gasteiger partial charge in [-0.1, -0.05) is 13.0 Å². The van der Waals surface area contributed by atoms with E-state index < -0.39 is 5.97 Å². The molecule has 3 N–H and O–H groups in total. The number of hydrogen-bond donors (Lipinski definition) is 3. The fourth-order valence-corrected chi connectivity index (χ4v) is 1.74. The van der Waals surface area contributed by atoms with Crippen molar-refractivity contribution in [1.29, 1.82) is 0 Å². The van der Waals surface area contributed by atoms with E-state index in [9.17, 15) is 9.59 Å². The molecule has 2 rings (SSSR count). The van der Waals surface area contributed by atoms with E-state index in [0.717, 1.165) is 11.1 Å². The summed E-state index contributed by atoms with van der Waals surface area (Å²) in [4.78, 5) is 26.9. The normalized spacial score (nSPS) is 12.8. The molecule has 1 atom stereocenters. The minimum Gasteiger partial charge on any atom is -0.481 e. The van der Waals surface area contributed by atoms with Crippen LogP contribution in [0.5, 0.6) is 0 Å². The van der Waals surface area contributed by atoms with Crippen LogP contribution in [0.3, 0.4) is 0 Å². The highest BCUT2D eigenvalue weighted by Crippen LogP contribution is 2.21. The first-order chi connectivity index (χ1) is 7.56. The monoisotopic (exact) mass is 220 g/mol. The van der Waals surface area contributed by atoms with Crippen LogP contribution in [0.1, 0.15) is 24.8 Å². The van der Waals surface area contributed by atoms with Crippen LogP contribution in [0, 0.1) is 0 Å². The maximum atomic E-state index is 11.0. The quantitative estimate of drug-likeness (QED) is 0.731. The SMILES string of the molecule is C[C@@H](CC(=O)O)c1ccc2[nH]c(=O)[nH]c2c1. The minimum absolute atomic E-state index is 0.0692. The van der Waals surface area contributed by atoms with Gasteiger partial charge in [-0.25, -0.2) is 4.79 Å². The molecular formula is C11H12N2O3. The van der Waals surface area contributed by atoms with E-state index in [2.05, 4.69) is 9.97 Å². The summed E-state index contributed by atoms with van der Waals surface area (Å²) in [6.45, 7) is 1.85. The van der Waals surface area contributed by atoms with Gasteiger partial charge in [-0.2, -0.15) is 0 Å². The molecular weight excluding hydrogens is 208 g/mol. The number of benzene rings is 1. The standard InChI is InChI=1S/C11H12N2O3/c1-6(4-10(14)15)7-2-3-8-9(5-7)13-11(16)12-8/h2-3,5-6H,4H2,1H3,(H,14,15)(H2,12,13,16)/t6-/m0/s1. The summed E-state index contributed by atoms with van der Waals surface area (Å²) >= 11 is 0. The molecule has 0 amide bonds. The van der Waals surface area contributed by atoms with Crippen LogP contribution in [-0.4, -0.2) is 21.0 Å². The molecule has 0 aliphatic heterocycles. The summed E-state index contributed by atoms with van der Waals surface area (Å²) in [6, 6.07) is 5.42. The fourth-order valence-electron chi connectivity index (χ4n) is 1.74. The molecule has 1 aromatic heterocycles. The van der Waals surface area contributed by atoms with Gasteiger partial charge in [-0.3, -0.25) is 4.79 Å². The number of imidazole rings is 1. The zero-order chi connectivity index (χ0) is 11.7. The minimum atomic E-state index is -0.824. The number of aromatic nitrogens is 2.